The fourth-order valence-electron chi connectivity index (χ4n) is 3.45. The van der Waals surface area contributed by atoms with Gasteiger partial charge in [0.2, 0.25) is 5.91 Å². The highest BCUT2D eigenvalue weighted by atomic mass is 35.5. The lowest BCUT2D eigenvalue weighted by molar-refractivity contribution is -0.118. The molecule has 0 aliphatic carbocycles. The van der Waals surface area contributed by atoms with Gasteiger partial charge in [-0.15, -0.1) is 11.3 Å². The molecule has 0 fully saturated rings. The van der Waals surface area contributed by atoms with E-state index in [1.165, 1.54) is 10.9 Å². The number of benzene rings is 2. The standard InChI is InChI=1S/C24H21ClN4O3S/c1-13-8-4-6-10-17(13)27-22(31)20-14(2)19-23(33-20)26-12-29(24(19)32)15(3)21(30)28-18-11-7-5-9-16(18)25/h4-12,15H,1-3H3,(H,27,31)(H,28,30). The van der Waals surface area contributed by atoms with Crippen LogP contribution < -0.4 is 16.2 Å². The number of hydrogen-bond acceptors (Lipinski definition) is 5. The van der Waals surface area contributed by atoms with Crippen molar-refractivity contribution in [2.45, 2.75) is 26.8 Å². The third kappa shape index (κ3) is 4.40. The van der Waals surface area contributed by atoms with E-state index in [0.717, 1.165) is 16.9 Å². The van der Waals surface area contributed by atoms with Crippen LogP contribution in [0.2, 0.25) is 5.02 Å². The van der Waals surface area contributed by atoms with Crippen LogP contribution in [0.1, 0.15) is 33.8 Å². The van der Waals surface area contributed by atoms with Gasteiger partial charge in [-0.1, -0.05) is 41.9 Å². The van der Waals surface area contributed by atoms with Crippen molar-refractivity contribution in [3.63, 3.8) is 0 Å². The number of carbonyl (C=O) groups is 2. The maximum atomic E-state index is 13.3. The van der Waals surface area contributed by atoms with E-state index in [-0.39, 0.29) is 11.5 Å². The number of anilines is 2. The Morgan fingerprint density at radius 3 is 2.39 bits per heavy atom. The number of nitrogens with one attached hydrogen (secondary N) is 2. The molecule has 0 saturated carbocycles. The summed E-state index contributed by atoms with van der Waals surface area (Å²) in [6.45, 7) is 5.23. The zero-order valence-corrected chi connectivity index (χ0v) is 19.8. The van der Waals surface area contributed by atoms with Crippen LogP contribution in [0.15, 0.2) is 59.7 Å². The van der Waals surface area contributed by atoms with Gasteiger partial charge in [-0.05, 0) is 50.1 Å². The Morgan fingerprint density at radius 1 is 1.03 bits per heavy atom. The van der Waals surface area contributed by atoms with Gasteiger partial charge in [0.15, 0.2) is 0 Å². The number of fused-ring (bicyclic) bond motifs is 1. The minimum Gasteiger partial charge on any atom is -0.323 e. The van der Waals surface area contributed by atoms with Crippen molar-refractivity contribution in [2.24, 2.45) is 0 Å². The van der Waals surface area contributed by atoms with Crippen LogP contribution in [0.5, 0.6) is 0 Å². The number of amides is 2. The molecule has 2 N–H and O–H groups in total. The van der Waals surface area contributed by atoms with Crippen LogP contribution in [0.4, 0.5) is 11.4 Å². The second-order valence-electron chi connectivity index (χ2n) is 7.61. The lowest BCUT2D eigenvalue weighted by Crippen LogP contribution is -2.31. The highest BCUT2D eigenvalue weighted by Crippen LogP contribution is 2.29. The van der Waals surface area contributed by atoms with Gasteiger partial charge in [0.25, 0.3) is 11.5 Å². The molecule has 0 saturated heterocycles. The van der Waals surface area contributed by atoms with E-state index < -0.39 is 11.9 Å². The average Bonchev–Trinajstić information content (AvgIpc) is 3.14. The van der Waals surface area contributed by atoms with Crippen molar-refractivity contribution in [3.05, 3.63) is 86.2 Å². The molecule has 33 heavy (non-hydrogen) atoms. The summed E-state index contributed by atoms with van der Waals surface area (Å²) in [5, 5.41) is 6.36. The molecule has 1 atom stereocenters. The molecule has 2 aromatic heterocycles. The van der Waals surface area contributed by atoms with Crippen molar-refractivity contribution >= 4 is 56.3 Å². The Hall–Kier alpha value is -3.49. The molecule has 2 heterocycles. The number of nitrogens with zero attached hydrogens (tertiary/aromatic N) is 2. The van der Waals surface area contributed by atoms with Crippen LogP contribution in [0.25, 0.3) is 10.2 Å². The lowest BCUT2D eigenvalue weighted by Gasteiger charge is -2.15. The van der Waals surface area contributed by atoms with Crippen LogP contribution in [-0.2, 0) is 4.79 Å². The summed E-state index contributed by atoms with van der Waals surface area (Å²) < 4.78 is 1.26. The number of rotatable bonds is 5. The van der Waals surface area contributed by atoms with Gasteiger partial charge < -0.3 is 10.6 Å². The Morgan fingerprint density at radius 2 is 1.70 bits per heavy atom. The van der Waals surface area contributed by atoms with Gasteiger partial charge >= 0.3 is 0 Å². The molecule has 9 heteroatoms. The first kappa shape index (κ1) is 22.7. The van der Waals surface area contributed by atoms with E-state index in [2.05, 4.69) is 15.6 Å². The number of aromatic nitrogens is 2. The molecule has 0 spiro atoms. The van der Waals surface area contributed by atoms with Crippen LogP contribution in [0, 0.1) is 13.8 Å². The lowest BCUT2D eigenvalue weighted by atomic mass is 10.1. The zero-order valence-electron chi connectivity index (χ0n) is 18.2. The summed E-state index contributed by atoms with van der Waals surface area (Å²) in [5.41, 5.74) is 2.25. The molecular formula is C24H21ClN4O3S. The number of para-hydroxylation sites is 2. The fourth-order valence-corrected chi connectivity index (χ4v) is 4.67. The van der Waals surface area contributed by atoms with E-state index in [1.807, 2.05) is 31.2 Å². The first-order valence-electron chi connectivity index (χ1n) is 10.2. The molecule has 2 aromatic carbocycles. The maximum Gasteiger partial charge on any atom is 0.266 e. The summed E-state index contributed by atoms with van der Waals surface area (Å²) in [5.74, 6) is -0.711. The minimum absolute atomic E-state index is 0.305. The Labute approximate surface area is 199 Å². The molecule has 2 amide bonds. The Kier molecular flexibility index (Phi) is 6.31. The number of thiophene rings is 1. The molecule has 0 aliphatic rings. The van der Waals surface area contributed by atoms with Crippen LogP contribution >= 0.6 is 22.9 Å². The van der Waals surface area contributed by atoms with E-state index >= 15 is 0 Å². The van der Waals surface area contributed by atoms with Gasteiger partial charge in [0.05, 0.1) is 27.3 Å². The van der Waals surface area contributed by atoms with E-state index in [4.69, 9.17) is 11.6 Å². The molecule has 0 aliphatic heterocycles. The largest absolute Gasteiger partial charge is 0.323 e. The molecule has 0 bridgehead atoms. The molecule has 1 unspecified atom stereocenters. The van der Waals surface area contributed by atoms with Gasteiger partial charge in [-0.3, -0.25) is 19.0 Å². The number of carbonyl (C=O) groups excluding carboxylic acids is 2. The predicted octanol–water partition coefficient (Wildman–Crippen LogP) is 5.18. The van der Waals surface area contributed by atoms with Crippen molar-refractivity contribution < 1.29 is 9.59 Å². The molecule has 7 nitrogen and oxygen atoms in total. The van der Waals surface area contributed by atoms with Gasteiger partial charge in [-0.2, -0.15) is 0 Å². The second-order valence-corrected chi connectivity index (χ2v) is 9.01. The summed E-state index contributed by atoms with van der Waals surface area (Å²) >= 11 is 7.27. The SMILES string of the molecule is Cc1ccccc1NC(=O)c1sc2ncn(C(C)C(=O)Nc3ccccc3Cl)c(=O)c2c1C. The summed E-state index contributed by atoms with van der Waals surface area (Å²) in [7, 11) is 0. The third-order valence-corrected chi connectivity index (χ3v) is 6.93. The summed E-state index contributed by atoms with van der Waals surface area (Å²) in [6, 6.07) is 13.5. The zero-order chi connectivity index (χ0) is 23.7. The van der Waals surface area contributed by atoms with Crippen LogP contribution in [-0.4, -0.2) is 21.4 Å². The molecule has 4 rings (SSSR count). The highest BCUT2D eigenvalue weighted by molar-refractivity contribution is 7.20. The fraction of sp³-hybridized carbons (Fsp3) is 0.167. The maximum absolute atomic E-state index is 13.3. The van der Waals surface area contributed by atoms with Gasteiger partial charge in [0.1, 0.15) is 10.9 Å². The summed E-state index contributed by atoms with van der Waals surface area (Å²) in [6.07, 6.45) is 1.33. The monoisotopic (exact) mass is 480 g/mol. The number of hydrogen-bond donors (Lipinski definition) is 2. The first-order chi connectivity index (χ1) is 15.8. The molecule has 0 radical (unpaired) electrons. The normalized spacial score (nSPS) is 11.9. The highest BCUT2D eigenvalue weighted by Gasteiger charge is 2.23. The molecule has 4 aromatic rings. The Bertz CT molecular complexity index is 1440. The first-order valence-corrected chi connectivity index (χ1v) is 11.4. The van der Waals surface area contributed by atoms with Crippen molar-refractivity contribution in [2.75, 3.05) is 10.6 Å². The van der Waals surface area contributed by atoms with Crippen molar-refractivity contribution in [1.29, 1.82) is 0 Å². The van der Waals surface area contributed by atoms with Crippen molar-refractivity contribution in [3.8, 4) is 0 Å². The van der Waals surface area contributed by atoms with Gasteiger partial charge in [0, 0.05) is 5.69 Å². The number of aryl methyl sites for hydroxylation is 2. The van der Waals surface area contributed by atoms with E-state index in [1.54, 1.807) is 38.1 Å². The third-order valence-electron chi connectivity index (χ3n) is 5.40. The quantitative estimate of drug-likeness (QED) is 0.411. The average molecular weight is 481 g/mol. The Balaban J connectivity index is 1.65. The second kappa shape index (κ2) is 9.17. The van der Waals surface area contributed by atoms with Crippen LogP contribution in [0.3, 0.4) is 0 Å². The topological polar surface area (TPSA) is 93.1 Å². The smallest absolute Gasteiger partial charge is 0.266 e. The number of halogens is 1. The van der Waals surface area contributed by atoms with Crippen molar-refractivity contribution in [1.82, 2.24) is 9.55 Å². The van der Waals surface area contributed by atoms with E-state index in [0.29, 0.717) is 37.1 Å². The predicted molar refractivity (Wildman–Crippen MR) is 133 cm³/mol. The van der Waals surface area contributed by atoms with E-state index in [9.17, 15) is 14.4 Å². The summed E-state index contributed by atoms with van der Waals surface area (Å²) in [4.78, 5) is 44.1. The van der Waals surface area contributed by atoms with Gasteiger partial charge in [-0.25, -0.2) is 4.98 Å². The minimum atomic E-state index is -0.839. The molecule has 168 valence electrons. The molecular weight excluding hydrogens is 460 g/mol.